The van der Waals surface area contributed by atoms with Crippen LogP contribution in [0.4, 0.5) is 15.8 Å². The molecule has 108 valence electrons. The summed E-state index contributed by atoms with van der Waals surface area (Å²) in [6, 6.07) is 8.58. The lowest BCUT2D eigenvalue weighted by Crippen LogP contribution is -2.26. The smallest absolute Gasteiger partial charge is 0.273 e. The number of phenols is 1. The van der Waals surface area contributed by atoms with E-state index in [4.69, 9.17) is 0 Å². The largest absolute Gasteiger partial charge is 0.508 e. The van der Waals surface area contributed by atoms with E-state index in [0.717, 1.165) is 23.1 Å². The van der Waals surface area contributed by atoms with Gasteiger partial charge in [-0.1, -0.05) is 6.07 Å². The number of nitro groups is 1. The van der Waals surface area contributed by atoms with E-state index in [1.165, 1.54) is 19.2 Å². The van der Waals surface area contributed by atoms with Crippen LogP contribution in [0.25, 0.3) is 0 Å². The van der Waals surface area contributed by atoms with Crippen LogP contribution in [0.3, 0.4) is 0 Å². The van der Waals surface area contributed by atoms with Crippen molar-refractivity contribution < 1.29 is 19.2 Å². The molecular weight excluding hydrogens is 279 g/mol. The number of carbonyl (C=O) groups is 1. The Morgan fingerprint density at radius 3 is 2.62 bits per heavy atom. The fraction of sp³-hybridized carbons (Fsp3) is 0.0714. The van der Waals surface area contributed by atoms with Gasteiger partial charge in [0, 0.05) is 30.4 Å². The lowest BCUT2D eigenvalue weighted by atomic mass is 10.1. The topological polar surface area (TPSA) is 83.7 Å². The van der Waals surface area contributed by atoms with Gasteiger partial charge in [0.1, 0.15) is 11.6 Å². The zero-order valence-corrected chi connectivity index (χ0v) is 11.0. The van der Waals surface area contributed by atoms with Crippen LogP contribution in [0, 0.1) is 15.9 Å². The highest BCUT2D eigenvalue weighted by molar-refractivity contribution is 6.06. The zero-order valence-electron chi connectivity index (χ0n) is 11.0. The molecule has 0 fully saturated rings. The summed E-state index contributed by atoms with van der Waals surface area (Å²) in [6.07, 6.45) is 0. The SMILES string of the molecule is CN(C(=O)c1cc(F)cc([N+](=O)[O-])c1)c1cccc(O)c1. The van der Waals surface area contributed by atoms with E-state index in [0.29, 0.717) is 5.69 Å². The molecule has 0 bridgehead atoms. The molecule has 0 heterocycles. The number of carbonyl (C=O) groups excluding carboxylic acids is 1. The molecule has 7 heteroatoms. The number of aromatic hydroxyl groups is 1. The van der Waals surface area contributed by atoms with E-state index in [2.05, 4.69) is 0 Å². The molecule has 0 radical (unpaired) electrons. The summed E-state index contributed by atoms with van der Waals surface area (Å²) in [7, 11) is 1.42. The third-order valence-electron chi connectivity index (χ3n) is 2.86. The number of amides is 1. The minimum absolute atomic E-state index is 0.0302. The van der Waals surface area contributed by atoms with Crippen LogP contribution in [0.5, 0.6) is 5.75 Å². The molecular formula is C14H11FN2O4. The van der Waals surface area contributed by atoms with Crippen molar-refractivity contribution in [2.75, 3.05) is 11.9 Å². The van der Waals surface area contributed by atoms with E-state index in [9.17, 15) is 24.4 Å². The Morgan fingerprint density at radius 1 is 1.29 bits per heavy atom. The molecule has 0 saturated heterocycles. The first kappa shape index (κ1) is 14.4. The molecule has 0 aliphatic carbocycles. The second-order valence-corrected chi connectivity index (χ2v) is 4.34. The van der Waals surface area contributed by atoms with Crippen molar-refractivity contribution >= 4 is 17.3 Å². The van der Waals surface area contributed by atoms with Gasteiger partial charge < -0.3 is 10.0 Å². The normalized spacial score (nSPS) is 10.2. The molecule has 0 aliphatic heterocycles. The van der Waals surface area contributed by atoms with Gasteiger partial charge in [-0.25, -0.2) is 4.39 Å². The molecule has 6 nitrogen and oxygen atoms in total. The predicted molar refractivity (Wildman–Crippen MR) is 73.9 cm³/mol. The molecule has 0 aromatic heterocycles. The maximum atomic E-state index is 13.4. The van der Waals surface area contributed by atoms with Crippen LogP contribution in [-0.4, -0.2) is 23.0 Å². The third-order valence-corrected chi connectivity index (χ3v) is 2.86. The Balaban J connectivity index is 2.37. The number of nitrogens with zero attached hydrogens (tertiary/aromatic N) is 2. The van der Waals surface area contributed by atoms with Crippen molar-refractivity contribution in [1.29, 1.82) is 0 Å². The molecule has 0 unspecified atom stereocenters. The van der Waals surface area contributed by atoms with Crippen molar-refractivity contribution in [3.05, 3.63) is 64.0 Å². The maximum Gasteiger partial charge on any atom is 0.273 e. The number of hydrogen-bond donors (Lipinski definition) is 1. The quantitative estimate of drug-likeness (QED) is 0.695. The van der Waals surface area contributed by atoms with Crippen LogP contribution < -0.4 is 4.90 Å². The van der Waals surface area contributed by atoms with Gasteiger partial charge in [-0.2, -0.15) is 0 Å². The van der Waals surface area contributed by atoms with E-state index in [1.54, 1.807) is 12.1 Å². The highest BCUT2D eigenvalue weighted by Gasteiger charge is 2.18. The molecule has 2 aromatic rings. The van der Waals surface area contributed by atoms with E-state index >= 15 is 0 Å². The number of nitro benzene ring substituents is 1. The molecule has 1 N–H and O–H groups in total. The minimum Gasteiger partial charge on any atom is -0.508 e. The van der Waals surface area contributed by atoms with Gasteiger partial charge in [0.15, 0.2) is 0 Å². The number of hydrogen-bond acceptors (Lipinski definition) is 4. The average molecular weight is 290 g/mol. The average Bonchev–Trinajstić information content (AvgIpc) is 2.45. The molecule has 2 rings (SSSR count). The molecule has 2 aromatic carbocycles. The number of anilines is 1. The number of non-ortho nitro benzene ring substituents is 1. The van der Waals surface area contributed by atoms with Crippen LogP contribution >= 0.6 is 0 Å². The molecule has 21 heavy (non-hydrogen) atoms. The molecule has 0 spiro atoms. The van der Waals surface area contributed by atoms with Crippen molar-refractivity contribution in [3.8, 4) is 5.75 Å². The standard InChI is InChI=1S/C14H11FN2O4/c1-16(11-3-2-4-13(18)8-11)14(19)9-5-10(15)7-12(6-9)17(20)21/h2-8,18H,1H3. The van der Waals surface area contributed by atoms with E-state index < -0.39 is 22.3 Å². The number of benzene rings is 2. The highest BCUT2D eigenvalue weighted by Crippen LogP contribution is 2.22. The van der Waals surface area contributed by atoms with Crippen molar-refractivity contribution in [3.63, 3.8) is 0 Å². The van der Waals surface area contributed by atoms with Crippen molar-refractivity contribution in [1.82, 2.24) is 0 Å². The summed E-state index contributed by atoms with van der Waals surface area (Å²) in [5.41, 5.74) is -0.262. The fourth-order valence-electron chi connectivity index (χ4n) is 1.82. The van der Waals surface area contributed by atoms with Gasteiger partial charge in [0.05, 0.1) is 11.0 Å². The lowest BCUT2D eigenvalue weighted by molar-refractivity contribution is -0.385. The van der Waals surface area contributed by atoms with Crippen LogP contribution in [0.15, 0.2) is 42.5 Å². The second kappa shape index (κ2) is 5.58. The third kappa shape index (κ3) is 3.14. The van der Waals surface area contributed by atoms with Gasteiger partial charge in [-0.3, -0.25) is 14.9 Å². The van der Waals surface area contributed by atoms with Crippen LogP contribution in [0.1, 0.15) is 10.4 Å². The number of phenolic OH excluding ortho intramolecular Hbond substituents is 1. The Kier molecular flexibility index (Phi) is 3.84. The fourth-order valence-corrected chi connectivity index (χ4v) is 1.82. The van der Waals surface area contributed by atoms with Gasteiger partial charge >= 0.3 is 0 Å². The van der Waals surface area contributed by atoms with Crippen molar-refractivity contribution in [2.24, 2.45) is 0 Å². The number of halogens is 1. The molecule has 0 saturated carbocycles. The summed E-state index contributed by atoms with van der Waals surface area (Å²) < 4.78 is 13.4. The Bertz CT molecular complexity index is 718. The first-order chi connectivity index (χ1) is 9.88. The highest BCUT2D eigenvalue weighted by atomic mass is 19.1. The van der Waals surface area contributed by atoms with Gasteiger partial charge in [0.2, 0.25) is 0 Å². The summed E-state index contributed by atoms with van der Waals surface area (Å²) in [6.45, 7) is 0. The van der Waals surface area contributed by atoms with E-state index in [-0.39, 0.29) is 11.3 Å². The van der Waals surface area contributed by atoms with Crippen LogP contribution in [-0.2, 0) is 0 Å². The van der Waals surface area contributed by atoms with Gasteiger partial charge in [-0.15, -0.1) is 0 Å². The first-order valence-electron chi connectivity index (χ1n) is 5.90. The molecule has 1 amide bonds. The van der Waals surface area contributed by atoms with Gasteiger partial charge in [0.25, 0.3) is 11.6 Å². The molecule has 0 aliphatic rings. The monoisotopic (exact) mass is 290 g/mol. The summed E-state index contributed by atoms with van der Waals surface area (Å²) >= 11 is 0. The summed E-state index contributed by atoms with van der Waals surface area (Å²) in [5, 5.41) is 20.1. The Hall–Kier alpha value is -2.96. The predicted octanol–water partition coefficient (Wildman–Crippen LogP) is 2.72. The first-order valence-corrected chi connectivity index (χ1v) is 5.90. The van der Waals surface area contributed by atoms with Gasteiger partial charge in [-0.05, 0) is 18.2 Å². The van der Waals surface area contributed by atoms with Crippen LogP contribution in [0.2, 0.25) is 0 Å². The van der Waals surface area contributed by atoms with Crippen molar-refractivity contribution in [2.45, 2.75) is 0 Å². The second-order valence-electron chi connectivity index (χ2n) is 4.34. The minimum atomic E-state index is -0.864. The lowest BCUT2D eigenvalue weighted by Gasteiger charge is -2.17. The maximum absolute atomic E-state index is 13.4. The Morgan fingerprint density at radius 2 is 2.00 bits per heavy atom. The summed E-state index contributed by atoms with van der Waals surface area (Å²) in [5.74, 6) is -1.52. The zero-order chi connectivity index (χ0) is 15.6. The molecule has 0 atom stereocenters. The summed E-state index contributed by atoms with van der Waals surface area (Å²) in [4.78, 5) is 23.3. The van der Waals surface area contributed by atoms with E-state index in [1.807, 2.05) is 0 Å². The number of rotatable bonds is 3. The Labute approximate surface area is 119 Å².